The van der Waals surface area contributed by atoms with Crippen LogP contribution in [0.15, 0.2) is 204 Å². The predicted octanol–water partition coefficient (Wildman–Crippen LogP) is 14.2. The molecular weight excluding hydrogens is 1420 g/mol. The molecule has 0 saturated heterocycles. The number of pyridine rings is 1. The van der Waals surface area contributed by atoms with Crippen molar-refractivity contribution in [3.63, 3.8) is 0 Å². The minimum Gasteiger partial charge on any atom is -0.868 e. The van der Waals surface area contributed by atoms with Crippen molar-refractivity contribution in [2.75, 3.05) is 89.1 Å². The molecule has 8 aromatic carbocycles. The first-order valence-electron chi connectivity index (χ1n) is 35.3. The van der Waals surface area contributed by atoms with E-state index < -0.39 is 85.8 Å². The molecule has 3 aliphatic carbocycles. The second-order valence-electron chi connectivity index (χ2n) is 28.1. The van der Waals surface area contributed by atoms with Gasteiger partial charge in [-0.2, -0.15) is 21.0 Å². The molecule has 1 fully saturated rings. The van der Waals surface area contributed by atoms with Gasteiger partial charge in [-0.3, -0.25) is 0 Å². The van der Waals surface area contributed by atoms with E-state index in [2.05, 4.69) is 186 Å². The number of para-hydroxylation sites is 5. The minimum absolute atomic E-state index is 0. The minimum atomic E-state index is -2.36. The number of hydrogen-bond donors (Lipinski definition) is 0. The summed E-state index contributed by atoms with van der Waals surface area (Å²) < 4.78 is 131. The molecule has 0 unspecified atom stereocenters. The van der Waals surface area contributed by atoms with Crippen molar-refractivity contribution in [1.82, 2.24) is 19.6 Å². The fourth-order valence-electron chi connectivity index (χ4n) is 16.9. The molecular formula is C87H70F9LiN13O+. The molecule has 6 heterocycles. The van der Waals surface area contributed by atoms with Crippen molar-refractivity contribution < 1.29 is 68.5 Å². The van der Waals surface area contributed by atoms with Gasteiger partial charge in [-0.25, -0.2) is 44.5 Å². The van der Waals surface area contributed by atoms with E-state index in [1.54, 1.807) is 42.6 Å². The summed E-state index contributed by atoms with van der Waals surface area (Å²) in [5, 5.41) is 51.7. The van der Waals surface area contributed by atoms with Crippen LogP contribution < -0.4 is 48.6 Å². The van der Waals surface area contributed by atoms with Gasteiger partial charge in [-0.1, -0.05) is 60.7 Å². The summed E-state index contributed by atoms with van der Waals surface area (Å²) in [5.41, 5.74) is 7.40. The average Bonchev–Trinajstić information content (AvgIpc) is 1.50. The molecule has 0 amide bonds. The fourth-order valence-corrected chi connectivity index (χ4v) is 16.9. The van der Waals surface area contributed by atoms with Gasteiger partial charge in [-0.15, -0.1) is 0 Å². The molecule has 1 aromatic heterocycles. The van der Waals surface area contributed by atoms with Gasteiger partial charge in [0.1, 0.15) is 35.4 Å². The Balaban J connectivity index is 0.000000150. The average molecular weight is 1490 g/mol. The second-order valence-corrected chi connectivity index (χ2v) is 28.1. The van der Waals surface area contributed by atoms with E-state index in [1.807, 2.05) is 18.2 Å². The van der Waals surface area contributed by atoms with Crippen molar-refractivity contribution in [3.8, 4) is 74.5 Å². The second kappa shape index (κ2) is 29.8. The normalized spacial score (nSPS) is 15.7. The molecule has 1 N–H and O–H groups in total. The maximum absolute atomic E-state index is 15.1. The number of anilines is 4. The van der Waals surface area contributed by atoms with Crippen molar-refractivity contribution in [2.45, 2.75) is 50.4 Å². The molecule has 5 aliphatic heterocycles. The standard InChI is InChI=1S/C39H11F9N4.C22H28N4.C17H24N4.C9H7NO.Li/c1-14-31(40)33(42)29(34(43)32(14)41)15-2-4-19-21-8-26-22(9-25(21)27(23(19)6-15)17(10-49)11-50)20-5-3-16(7-24(20)28(26)18(12-51)13-52)30-35(44)37(46)39(48)38(47)36(30)45;1-23-17-11-5-6-12-18(17)24(2)21(23)15-9-10-16-22(21)25(3)19-13-7-8-14-20(19)26(22)4;1-18(2)14-6-10-20-8-5-9-21-11-7-15(19(3)4)13-17(21)16(20)12-14;11-8-5-1-3-7-4-2-6-10-9(7)8;/h2-9H,1H3;5-8,11-14H,9-10,15-16H2,1-4H3;6-7,10-13H,5,8-9H2,1-4H3;1-6,11H;/q;;;;+1. The Morgan fingerprint density at radius 1 is 0.441 bits per heavy atom. The number of nitrogens with zero attached hydrogens (tertiary/aromatic N) is 12. The van der Waals surface area contributed by atoms with Crippen LogP contribution in [0.5, 0.6) is 5.75 Å². The summed E-state index contributed by atoms with van der Waals surface area (Å²) in [6, 6.07) is 43.7. The largest absolute Gasteiger partial charge is 1.00 e. The van der Waals surface area contributed by atoms with Gasteiger partial charge in [0.15, 0.2) is 64.1 Å². The Morgan fingerprint density at radius 2 is 0.811 bits per heavy atom. The number of likely N-dealkylation sites (N-methyl/N-ethyl adjacent to an activating group) is 6. The molecule has 0 bridgehead atoms. The number of benzene rings is 8. The van der Waals surface area contributed by atoms with Crippen LogP contribution in [0.25, 0.3) is 66.6 Å². The number of halogens is 9. The summed E-state index contributed by atoms with van der Waals surface area (Å²) in [6.07, 6.45) is 21.2. The van der Waals surface area contributed by atoms with Crippen molar-refractivity contribution in [3.05, 3.63) is 284 Å². The zero-order valence-electron chi connectivity index (χ0n) is 62.3. The molecule has 14 nitrogen and oxygen atoms in total. The summed E-state index contributed by atoms with van der Waals surface area (Å²) in [6.45, 7) is 3.00. The molecule has 1 saturated carbocycles. The van der Waals surface area contributed by atoms with Gasteiger partial charge in [0.05, 0.1) is 45.3 Å². The maximum atomic E-state index is 15.1. The van der Waals surface area contributed by atoms with Crippen LogP contribution in [0.3, 0.4) is 0 Å². The van der Waals surface area contributed by atoms with Crippen molar-refractivity contribution >= 4 is 44.8 Å². The number of aromatic amines is 1. The van der Waals surface area contributed by atoms with E-state index in [1.165, 1.54) is 82.6 Å². The van der Waals surface area contributed by atoms with Crippen LogP contribution in [-0.4, -0.2) is 100 Å². The number of aromatic nitrogens is 1. The zero-order chi connectivity index (χ0) is 78.3. The Morgan fingerprint density at radius 3 is 1.19 bits per heavy atom. The number of nitrogens with one attached hydrogen (secondary N) is 1. The van der Waals surface area contributed by atoms with Crippen LogP contribution in [0.4, 0.5) is 62.3 Å². The number of rotatable bonds is 4. The molecule has 9 aromatic rings. The molecule has 2 spiro atoms. The van der Waals surface area contributed by atoms with E-state index in [9.17, 15) is 56.9 Å². The van der Waals surface area contributed by atoms with Gasteiger partial charge in [0.2, 0.25) is 11.3 Å². The first-order chi connectivity index (χ1) is 52.8. The molecule has 111 heavy (non-hydrogen) atoms. The summed E-state index contributed by atoms with van der Waals surface area (Å²) in [4.78, 5) is 22.2. The first-order valence-corrected chi connectivity index (χ1v) is 35.3. The van der Waals surface area contributed by atoms with E-state index >= 15 is 8.78 Å². The van der Waals surface area contributed by atoms with Crippen LogP contribution in [0, 0.1) is 105 Å². The Kier molecular flexibility index (Phi) is 20.6. The topological polar surface area (TPSA) is 158 Å². The van der Waals surface area contributed by atoms with Crippen LogP contribution >= 0.6 is 0 Å². The van der Waals surface area contributed by atoms with Gasteiger partial charge in [0.25, 0.3) is 0 Å². The molecule has 24 heteroatoms. The molecule has 0 atom stereocenters. The Hall–Kier alpha value is -12.5. The van der Waals surface area contributed by atoms with E-state index in [-0.39, 0.29) is 97.2 Å². The Bertz CT molecular complexity index is 5370. The maximum Gasteiger partial charge on any atom is 1.00 e. The van der Waals surface area contributed by atoms with Crippen molar-refractivity contribution in [1.29, 1.82) is 21.0 Å². The molecule has 17 rings (SSSR count). The summed E-state index contributed by atoms with van der Waals surface area (Å²) >= 11 is 0. The van der Waals surface area contributed by atoms with Crippen LogP contribution in [0.1, 0.15) is 59.9 Å². The third kappa shape index (κ3) is 12.1. The molecule has 8 aliphatic rings. The zero-order valence-corrected chi connectivity index (χ0v) is 62.3. The molecule has 0 radical (unpaired) electrons. The van der Waals surface area contributed by atoms with Gasteiger partial charge < -0.3 is 44.3 Å². The number of fused-ring (bicyclic) bond motifs is 12. The molecule has 552 valence electrons. The third-order valence-electron chi connectivity index (χ3n) is 22.2. The van der Waals surface area contributed by atoms with E-state index in [4.69, 9.17) is 0 Å². The number of hydrogen-bond acceptors (Lipinski definition) is 13. The quantitative estimate of drug-likeness (QED) is 0.0539. The predicted molar refractivity (Wildman–Crippen MR) is 404 cm³/mol. The number of allylic oxidation sites excluding steroid dienone is 6. The SMILES string of the molecule is CN(C)C1=CC2=C3C=C(N(C)C)C=CN3CCCN2C=C1.CN1c2ccccc2N(C)C12CCCCC21N(C)c2ccccc2N1C.Cc1c(F)c(F)c(-c2ccc3c(c2)C(=C(C#N)C#N)c2cc4c(cc2-3)C(=C(C#N)C#N)c2cc(-c3c(F)c(F)c(F)c(F)c3F)ccc2-4)c(F)c1F.[Li+].[O-]c1cccc2ccc[nH+]c12. The van der Waals surface area contributed by atoms with Gasteiger partial charge >= 0.3 is 18.9 Å². The summed E-state index contributed by atoms with van der Waals surface area (Å²) in [5.74, 6) is -17.5. The first kappa shape index (κ1) is 76.7. The Labute approximate surface area is 648 Å². The number of nitriles is 4. The van der Waals surface area contributed by atoms with E-state index in [0.29, 0.717) is 5.52 Å². The van der Waals surface area contributed by atoms with Crippen molar-refractivity contribution in [2.24, 2.45) is 0 Å². The summed E-state index contributed by atoms with van der Waals surface area (Å²) in [7, 11) is 17.5. The smallest absolute Gasteiger partial charge is 0.868 e. The van der Waals surface area contributed by atoms with Crippen LogP contribution in [0.2, 0.25) is 0 Å². The number of H-pyrrole nitrogens is 1. The van der Waals surface area contributed by atoms with Crippen LogP contribution in [-0.2, 0) is 0 Å². The monoisotopic (exact) mass is 1490 g/mol. The van der Waals surface area contributed by atoms with Gasteiger partial charge in [-0.05, 0) is 185 Å². The van der Waals surface area contributed by atoms with E-state index in [0.717, 1.165) is 68.9 Å². The third-order valence-corrected chi connectivity index (χ3v) is 22.2. The van der Waals surface area contributed by atoms with Gasteiger partial charge in [0, 0.05) is 121 Å². The fraction of sp³-hybridized carbons (Fsp3) is 0.207.